The average Bonchev–Trinajstić information content (AvgIpc) is 3.17. The van der Waals surface area contributed by atoms with Gasteiger partial charge in [0, 0.05) is 30.6 Å². The zero-order valence-electron chi connectivity index (χ0n) is 15.1. The van der Waals surface area contributed by atoms with Crippen LogP contribution in [0.15, 0.2) is 65.1 Å². The van der Waals surface area contributed by atoms with E-state index in [1.165, 1.54) is 0 Å². The maximum absolute atomic E-state index is 12.7. The van der Waals surface area contributed by atoms with Crippen LogP contribution in [0.2, 0.25) is 0 Å². The summed E-state index contributed by atoms with van der Waals surface area (Å²) in [5.41, 5.74) is 1.41. The van der Waals surface area contributed by atoms with Gasteiger partial charge >= 0.3 is 0 Å². The highest BCUT2D eigenvalue weighted by Gasteiger charge is 2.26. The van der Waals surface area contributed by atoms with E-state index in [0.29, 0.717) is 36.9 Å². The van der Waals surface area contributed by atoms with Crippen LogP contribution in [0.4, 0.5) is 0 Å². The Labute approximate surface area is 158 Å². The van der Waals surface area contributed by atoms with Gasteiger partial charge in [0.05, 0.1) is 0 Å². The summed E-state index contributed by atoms with van der Waals surface area (Å²) in [6.07, 6.45) is 1.75. The maximum atomic E-state index is 12.7. The van der Waals surface area contributed by atoms with E-state index in [-0.39, 0.29) is 11.8 Å². The van der Waals surface area contributed by atoms with Gasteiger partial charge in [0.25, 0.3) is 11.8 Å². The molecule has 0 unspecified atom stereocenters. The predicted molar refractivity (Wildman–Crippen MR) is 104 cm³/mol. The molecule has 1 aliphatic heterocycles. The molecule has 2 amide bonds. The molecular formula is C22H22N2O3. The van der Waals surface area contributed by atoms with Gasteiger partial charge in [-0.2, -0.15) is 0 Å². The van der Waals surface area contributed by atoms with Gasteiger partial charge in [-0.05, 0) is 43.0 Å². The molecule has 1 fully saturated rings. The molecule has 1 aliphatic rings. The van der Waals surface area contributed by atoms with Crippen LogP contribution in [0.25, 0.3) is 11.0 Å². The molecule has 4 rings (SSSR count). The lowest BCUT2D eigenvalue weighted by Gasteiger charge is -2.31. The van der Waals surface area contributed by atoms with Crippen molar-refractivity contribution in [3.63, 3.8) is 0 Å². The molecular weight excluding hydrogens is 340 g/mol. The molecule has 2 aromatic carbocycles. The van der Waals surface area contributed by atoms with E-state index in [4.69, 9.17) is 4.42 Å². The molecule has 3 aromatic rings. The van der Waals surface area contributed by atoms with Crippen molar-refractivity contribution in [2.24, 2.45) is 5.92 Å². The molecule has 5 nitrogen and oxygen atoms in total. The number of hydrogen-bond donors (Lipinski definition) is 1. The molecule has 0 atom stereocenters. The monoisotopic (exact) mass is 362 g/mol. The number of carbonyl (C=O) groups is 2. The van der Waals surface area contributed by atoms with Crippen LogP contribution in [-0.4, -0.2) is 36.3 Å². The minimum atomic E-state index is -0.0574. The normalized spacial score (nSPS) is 15.0. The Morgan fingerprint density at radius 2 is 1.70 bits per heavy atom. The number of rotatable bonds is 4. The molecule has 0 aliphatic carbocycles. The van der Waals surface area contributed by atoms with Crippen molar-refractivity contribution >= 4 is 22.8 Å². The Kier molecular flexibility index (Phi) is 4.92. The Morgan fingerprint density at radius 3 is 2.44 bits per heavy atom. The zero-order chi connectivity index (χ0) is 18.6. The number of nitrogens with zero attached hydrogens (tertiary/aromatic N) is 1. The topological polar surface area (TPSA) is 62.6 Å². The number of piperidine rings is 1. The summed E-state index contributed by atoms with van der Waals surface area (Å²) in [6.45, 7) is 2.00. The summed E-state index contributed by atoms with van der Waals surface area (Å²) in [6, 6.07) is 18.7. The van der Waals surface area contributed by atoms with Crippen LogP contribution >= 0.6 is 0 Å². The van der Waals surface area contributed by atoms with E-state index in [2.05, 4.69) is 5.32 Å². The molecule has 0 spiro atoms. The highest BCUT2D eigenvalue weighted by Crippen LogP contribution is 2.23. The Balaban J connectivity index is 1.29. The Morgan fingerprint density at radius 1 is 1.00 bits per heavy atom. The van der Waals surface area contributed by atoms with Crippen molar-refractivity contribution in [3.05, 3.63) is 72.0 Å². The first-order chi connectivity index (χ1) is 13.2. The van der Waals surface area contributed by atoms with E-state index in [0.717, 1.165) is 23.8 Å². The number of furan rings is 1. The second-order valence-corrected chi connectivity index (χ2v) is 6.96. The lowest BCUT2D eigenvalue weighted by Crippen LogP contribution is -2.41. The fraction of sp³-hybridized carbons (Fsp3) is 0.273. The highest BCUT2D eigenvalue weighted by atomic mass is 16.3. The fourth-order valence-corrected chi connectivity index (χ4v) is 3.51. The molecule has 1 aromatic heterocycles. The number of fused-ring (bicyclic) bond motifs is 1. The number of para-hydroxylation sites is 1. The van der Waals surface area contributed by atoms with Gasteiger partial charge in [-0.15, -0.1) is 0 Å². The SMILES string of the molecule is O=C(NCC1CCN(C(=O)c2cc3ccccc3o2)CC1)c1ccccc1. The Hall–Kier alpha value is -3.08. The van der Waals surface area contributed by atoms with Crippen LogP contribution < -0.4 is 5.32 Å². The molecule has 1 saturated heterocycles. The van der Waals surface area contributed by atoms with Crippen LogP contribution in [0.5, 0.6) is 0 Å². The van der Waals surface area contributed by atoms with Crippen molar-refractivity contribution in [1.29, 1.82) is 0 Å². The molecule has 2 heterocycles. The second kappa shape index (κ2) is 7.66. The number of hydrogen-bond acceptors (Lipinski definition) is 3. The first kappa shape index (κ1) is 17.3. The highest BCUT2D eigenvalue weighted by molar-refractivity contribution is 5.96. The summed E-state index contributed by atoms with van der Waals surface area (Å²) in [5.74, 6) is 0.679. The summed E-state index contributed by atoms with van der Waals surface area (Å²) >= 11 is 0. The molecule has 1 N–H and O–H groups in total. The second-order valence-electron chi connectivity index (χ2n) is 6.96. The van der Waals surface area contributed by atoms with Crippen molar-refractivity contribution in [2.45, 2.75) is 12.8 Å². The van der Waals surface area contributed by atoms with Crippen LogP contribution in [0.3, 0.4) is 0 Å². The van der Waals surface area contributed by atoms with Crippen LogP contribution in [0.1, 0.15) is 33.8 Å². The van der Waals surface area contributed by atoms with Crippen LogP contribution in [-0.2, 0) is 0 Å². The number of carbonyl (C=O) groups excluding carboxylic acids is 2. The third-order valence-electron chi connectivity index (χ3n) is 5.13. The molecule has 5 heteroatoms. The maximum Gasteiger partial charge on any atom is 0.289 e. The van der Waals surface area contributed by atoms with Gasteiger partial charge in [0.1, 0.15) is 5.58 Å². The standard InChI is InChI=1S/C22H22N2O3/c25-21(17-6-2-1-3-7-17)23-15-16-10-12-24(13-11-16)22(26)20-14-18-8-4-5-9-19(18)27-20/h1-9,14,16H,10-13,15H2,(H,23,25). The third kappa shape index (κ3) is 3.87. The van der Waals surface area contributed by atoms with Crippen molar-refractivity contribution in [1.82, 2.24) is 10.2 Å². The smallest absolute Gasteiger partial charge is 0.289 e. The zero-order valence-corrected chi connectivity index (χ0v) is 15.1. The van der Waals surface area contributed by atoms with Gasteiger partial charge in [-0.25, -0.2) is 0 Å². The minimum absolute atomic E-state index is 0.0450. The fourth-order valence-electron chi connectivity index (χ4n) is 3.51. The average molecular weight is 362 g/mol. The first-order valence-corrected chi connectivity index (χ1v) is 9.32. The van der Waals surface area contributed by atoms with Gasteiger partial charge < -0.3 is 14.6 Å². The van der Waals surface area contributed by atoms with E-state index in [1.54, 1.807) is 0 Å². The molecule has 27 heavy (non-hydrogen) atoms. The van der Waals surface area contributed by atoms with Gasteiger partial charge in [0.15, 0.2) is 5.76 Å². The summed E-state index contributed by atoms with van der Waals surface area (Å²) in [4.78, 5) is 26.7. The summed E-state index contributed by atoms with van der Waals surface area (Å²) in [7, 11) is 0. The molecule has 138 valence electrons. The van der Waals surface area contributed by atoms with E-state index in [9.17, 15) is 9.59 Å². The van der Waals surface area contributed by atoms with Crippen molar-refractivity contribution in [3.8, 4) is 0 Å². The lowest BCUT2D eigenvalue weighted by atomic mass is 9.96. The van der Waals surface area contributed by atoms with Crippen molar-refractivity contribution in [2.75, 3.05) is 19.6 Å². The lowest BCUT2D eigenvalue weighted by molar-refractivity contribution is 0.0655. The summed E-state index contributed by atoms with van der Waals surface area (Å²) in [5, 5.41) is 3.95. The van der Waals surface area contributed by atoms with E-state index in [1.807, 2.05) is 65.6 Å². The van der Waals surface area contributed by atoms with Gasteiger partial charge in [-0.1, -0.05) is 36.4 Å². The number of amides is 2. The molecule has 0 saturated carbocycles. The van der Waals surface area contributed by atoms with Crippen molar-refractivity contribution < 1.29 is 14.0 Å². The van der Waals surface area contributed by atoms with Crippen LogP contribution in [0, 0.1) is 5.92 Å². The molecule has 0 bridgehead atoms. The molecule has 0 radical (unpaired) electrons. The van der Waals surface area contributed by atoms with Gasteiger partial charge in [-0.3, -0.25) is 9.59 Å². The quantitative estimate of drug-likeness (QED) is 0.769. The third-order valence-corrected chi connectivity index (χ3v) is 5.13. The van der Waals surface area contributed by atoms with E-state index >= 15 is 0 Å². The summed E-state index contributed by atoms with van der Waals surface area (Å²) < 4.78 is 5.69. The van der Waals surface area contributed by atoms with E-state index < -0.39 is 0 Å². The number of benzene rings is 2. The largest absolute Gasteiger partial charge is 0.451 e. The predicted octanol–water partition coefficient (Wildman–Crippen LogP) is 3.72. The first-order valence-electron chi connectivity index (χ1n) is 9.32. The minimum Gasteiger partial charge on any atom is -0.451 e. The number of nitrogens with one attached hydrogen (secondary N) is 1. The Bertz CT molecular complexity index is 907. The number of likely N-dealkylation sites (tertiary alicyclic amines) is 1. The van der Waals surface area contributed by atoms with Gasteiger partial charge in [0.2, 0.25) is 0 Å².